The van der Waals surface area contributed by atoms with Crippen LogP contribution in [-0.2, 0) is 28.6 Å². The van der Waals surface area contributed by atoms with Gasteiger partial charge in [-0.25, -0.2) is 0 Å². The fraction of sp³-hybridized carbons (Fsp3) is 0.691. The van der Waals surface area contributed by atoms with Crippen molar-refractivity contribution < 1.29 is 28.6 Å². The molecule has 0 rings (SSSR count). The highest BCUT2D eigenvalue weighted by Crippen LogP contribution is 2.13. The molecule has 0 aromatic carbocycles. The Bertz CT molecular complexity index is 1200. The van der Waals surface area contributed by atoms with Crippen LogP contribution in [0.5, 0.6) is 0 Å². The Morgan fingerprint density at radius 2 is 0.639 bits per heavy atom. The van der Waals surface area contributed by atoms with Gasteiger partial charge in [-0.2, -0.15) is 0 Å². The maximum absolute atomic E-state index is 12.8. The molecule has 0 N–H and O–H groups in total. The van der Waals surface area contributed by atoms with Gasteiger partial charge in [0.15, 0.2) is 6.10 Å². The van der Waals surface area contributed by atoms with Crippen LogP contribution in [0.15, 0.2) is 85.1 Å². The lowest BCUT2D eigenvalue weighted by Gasteiger charge is -2.18. The molecular formula is C55H92O6. The molecule has 0 saturated carbocycles. The lowest BCUT2D eigenvalue weighted by atomic mass is 10.1. The van der Waals surface area contributed by atoms with Gasteiger partial charge in [0.1, 0.15) is 13.2 Å². The van der Waals surface area contributed by atoms with Crippen LogP contribution in [0, 0.1) is 0 Å². The van der Waals surface area contributed by atoms with Gasteiger partial charge in [-0.15, -0.1) is 0 Å². The topological polar surface area (TPSA) is 78.9 Å². The molecule has 0 aromatic rings. The third kappa shape index (κ3) is 47.5. The van der Waals surface area contributed by atoms with Gasteiger partial charge < -0.3 is 14.2 Å². The first-order chi connectivity index (χ1) is 30.0. The maximum Gasteiger partial charge on any atom is 0.306 e. The van der Waals surface area contributed by atoms with Crippen LogP contribution < -0.4 is 0 Å². The fourth-order valence-corrected chi connectivity index (χ4v) is 6.64. The van der Waals surface area contributed by atoms with Crippen molar-refractivity contribution in [3.63, 3.8) is 0 Å². The molecule has 0 spiro atoms. The van der Waals surface area contributed by atoms with E-state index in [1.165, 1.54) is 64.2 Å². The SMILES string of the molecule is CC/C=C\C/C=C\C/C=C\C/C=C\CCCCCC(=O)OCC(COC(=O)CCCCC/C=C\CCCCCCCC)OC(=O)CCCCCCCCC/C=C\C/C=C\CC. The monoisotopic (exact) mass is 849 g/mol. The van der Waals surface area contributed by atoms with Gasteiger partial charge in [0.2, 0.25) is 0 Å². The Labute approximate surface area is 375 Å². The largest absolute Gasteiger partial charge is 0.462 e. The number of hydrogen-bond acceptors (Lipinski definition) is 6. The molecule has 0 heterocycles. The number of hydrogen-bond donors (Lipinski definition) is 0. The predicted octanol–water partition coefficient (Wildman–Crippen LogP) is 16.4. The standard InChI is InChI=1S/C55H92O6/c1-4-7-10-13-16-19-22-25-27-28-31-33-36-39-42-45-48-54(57)60-51-52(50-59-53(56)47-44-41-38-35-32-29-24-21-18-15-12-9-6-3)61-55(58)49-46-43-40-37-34-30-26-23-20-17-14-11-8-5-2/h7-8,10-11,16-17,19-20,25,27,29,31-33,52H,4-6,9,12-15,18,21-24,26,28,30,34-51H2,1-3H3/b10-7-,11-8-,19-16-,20-17-,27-25-,32-29-,33-31-. The first kappa shape index (κ1) is 57.6. The van der Waals surface area contributed by atoms with Gasteiger partial charge in [-0.3, -0.25) is 14.4 Å². The number of unbranched alkanes of at least 4 members (excludes halogenated alkanes) is 19. The summed E-state index contributed by atoms with van der Waals surface area (Å²) in [4.78, 5) is 37.9. The van der Waals surface area contributed by atoms with Crippen molar-refractivity contribution in [3.05, 3.63) is 85.1 Å². The van der Waals surface area contributed by atoms with Crippen LogP contribution in [0.1, 0.15) is 226 Å². The molecule has 0 saturated heterocycles. The average Bonchev–Trinajstić information content (AvgIpc) is 3.26. The third-order valence-corrected chi connectivity index (χ3v) is 10.4. The molecule has 348 valence electrons. The molecule has 0 aromatic heterocycles. The van der Waals surface area contributed by atoms with Gasteiger partial charge in [-0.05, 0) is 109 Å². The highest BCUT2D eigenvalue weighted by molar-refractivity contribution is 5.71. The summed E-state index contributed by atoms with van der Waals surface area (Å²) in [6, 6.07) is 0. The van der Waals surface area contributed by atoms with Crippen LogP contribution in [0.25, 0.3) is 0 Å². The number of ether oxygens (including phenoxy) is 3. The Balaban J connectivity index is 4.47. The Kier molecular flexibility index (Phi) is 46.5. The number of carbonyl (C=O) groups excluding carboxylic acids is 3. The Morgan fingerprint density at radius 1 is 0.344 bits per heavy atom. The summed E-state index contributed by atoms with van der Waals surface area (Å²) in [6.45, 7) is 6.35. The molecule has 0 aliphatic rings. The number of rotatable bonds is 44. The van der Waals surface area contributed by atoms with Crippen LogP contribution in [0.4, 0.5) is 0 Å². The van der Waals surface area contributed by atoms with E-state index in [0.717, 1.165) is 122 Å². The third-order valence-electron chi connectivity index (χ3n) is 10.4. The summed E-state index contributed by atoms with van der Waals surface area (Å²) in [6.07, 6.45) is 62.8. The lowest BCUT2D eigenvalue weighted by molar-refractivity contribution is -0.167. The zero-order valence-corrected chi connectivity index (χ0v) is 39.7. The van der Waals surface area contributed by atoms with E-state index in [2.05, 4.69) is 106 Å². The predicted molar refractivity (Wildman–Crippen MR) is 261 cm³/mol. The molecule has 0 fully saturated rings. The summed E-state index contributed by atoms with van der Waals surface area (Å²) >= 11 is 0. The first-order valence-electron chi connectivity index (χ1n) is 25.1. The minimum absolute atomic E-state index is 0.0987. The normalized spacial score (nSPS) is 12.8. The van der Waals surface area contributed by atoms with Crippen molar-refractivity contribution in [1.29, 1.82) is 0 Å². The fourth-order valence-electron chi connectivity index (χ4n) is 6.64. The van der Waals surface area contributed by atoms with Crippen molar-refractivity contribution in [2.75, 3.05) is 13.2 Å². The highest BCUT2D eigenvalue weighted by atomic mass is 16.6. The van der Waals surface area contributed by atoms with Crippen LogP contribution in [0.2, 0.25) is 0 Å². The maximum atomic E-state index is 12.8. The van der Waals surface area contributed by atoms with Crippen LogP contribution >= 0.6 is 0 Å². The summed E-state index contributed by atoms with van der Waals surface area (Å²) in [5.74, 6) is -0.956. The summed E-state index contributed by atoms with van der Waals surface area (Å²) in [5, 5.41) is 0. The quantitative estimate of drug-likeness (QED) is 0.0263. The van der Waals surface area contributed by atoms with Crippen molar-refractivity contribution >= 4 is 17.9 Å². The van der Waals surface area contributed by atoms with E-state index in [4.69, 9.17) is 14.2 Å². The molecule has 0 aliphatic carbocycles. The minimum atomic E-state index is -0.799. The summed E-state index contributed by atoms with van der Waals surface area (Å²) in [7, 11) is 0. The van der Waals surface area contributed by atoms with E-state index in [1.807, 2.05) is 0 Å². The highest BCUT2D eigenvalue weighted by Gasteiger charge is 2.19. The number of esters is 3. The number of allylic oxidation sites excluding steroid dienone is 14. The molecule has 6 heteroatoms. The molecule has 1 atom stereocenters. The molecular weight excluding hydrogens is 757 g/mol. The zero-order chi connectivity index (χ0) is 44.4. The van der Waals surface area contributed by atoms with E-state index in [0.29, 0.717) is 19.3 Å². The van der Waals surface area contributed by atoms with Gasteiger partial charge in [0, 0.05) is 19.3 Å². The van der Waals surface area contributed by atoms with Crippen molar-refractivity contribution in [2.24, 2.45) is 0 Å². The average molecular weight is 849 g/mol. The summed E-state index contributed by atoms with van der Waals surface area (Å²) in [5.41, 5.74) is 0. The second-order valence-corrected chi connectivity index (χ2v) is 16.3. The number of carbonyl (C=O) groups is 3. The zero-order valence-electron chi connectivity index (χ0n) is 39.7. The molecule has 6 nitrogen and oxygen atoms in total. The van der Waals surface area contributed by atoms with Crippen molar-refractivity contribution in [2.45, 2.75) is 232 Å². The van der Waals surface area contributed by atoms with Crippen LogP contribution in [0.3, 0.4) is 0 Å². The van der Waals surface area contributed by atoms with E-state index >= 15 is 0 Å². The Hall–Kier alpha value is -3.41. The van der Waals surface area contributed by atoms with Crippen molar-refractivity contribution in [3.8, 4) is 0 Å². The molecule has 1 unspecified atom stereocenters. The Morgan fingerprint density at radius 3 is 1.03 bits per heavy atom. The van der Waals surface area contributed by atoms with Crippen LogP contribution in [-0.4, -0.2) is 37.2 Å². The molecule has 0 bridgehead atoms. The van der Waals surface area contributed by atoms with E-state index in [9.17, 15) is 14.4 Å². The van der Waals surface area contributed by atoms with E-state index < -0.39 is 6.10 Å². The van der Waals surface area contributed by atoms with Gasteiger partial charge in [0.25, 0.3) is 0 Å². The van der Waals surface area contributed by atoms with Gasteiger partial charge >= 0.3 is 17.9 Å². The smallest absolute Gasteiger partial charge is 0.306 e. The van der Waals surface area contributed by atoms with Gasteiger partial charge in [0.05, 0.1) is 0 Å². The molecule has 0 aliphatic heterocycles. The lowest BCUT2D eigenvalue weighted by Crippen LogP contribution is -2.30. The molecule has 0 radical (unpaired) electrons. The molecule has 61 heavy (non-hydrogen) atoms. The van der Waals surface area contributed by atoms with Gasteiger partial charge in [-0.1, -0.05) is 183 Å². The molecule has 0 amide bonds. The summed E-state index contributed by atoms with van der Waals surface area (Å²) < 4.78 is 16.7. The first-order valence-corrected chi connectivity index (χ1v) is 25.1. The van der Waals surface area contributed by atoms with E-state index in [-0.39, 0.29) is 31.1 Å². The van der Waals surface area contributed by atoms with E-state index in [1.54, 1.807) is 0 Å². The van der Waals surface area contributed by atoms with Crippen molar-refractivity contribution in [1.82, 2.24) is 0 Å². The second kappa shape index (κ2) is 49.2. The minimum Gasteiger partial charge on any atom is -0.462 e. The second-order valence-electron chi connectivity index (χ2n) is 16.3.